The van der Waals surface area contributed by atoms with E-state index in [4.69, 9.17) is 9.84 Å². The molecular weight excluding hydrogens is 270 g/mol. The van der Waals surface area contributed by atoms with E-state index in [0.29, 0.717) is 6.04 Å². The summed E-state index contributed by atoms with van der Waals surface area (Å²) in [4.78, 5) is 0. The van der Waals surface area contributed by atoms with E-state index in [0.717, 1.165) is 35.4 Å². The maximum absolute atomic E-state index is 5.32. The Morgan fingerprint density at radius 1 is 1.40 bits per heavy atom. The molecule has 4 nitrogen and oxygen atoms in total. The lowest BCUT2D eigenvalue weighted by molar-refractivity contribution is 0.415. The van der Waals surface area contributed by atoms with E-state index in [2.05, 4.69) is 32.9 Å². The number of hydrogen-bond donors (Lipinski definition) is 1. The second-order valence-corrected chi connectivity index (χ2v) is 5.74. The van der Waals surface area contributed by atoms with Gasteiger partial charge in [-0.3, -0.25) is 0 Å². The van der Waals surface area contributed by atoms with Gasteiger partial charge >= 0.3 is 0 Å². The van der Waals surface area contributed by atoms with Crippen molar-refractivity contribution < 1.29 is 4.74 Å². The third-order valence-corrected chi connectivity index (χ3v) is 4.54. The van der Waals surface area contributed by atoms with Crippen molar-refractivity contribution in [2.24, 2.45) is 0 Å². The molecule has 0 fully saturated rings. The molecule has 1 aliphatic rings. The number of methoxy groups -OCH3 is 1. The number of nitrogens with one attached hydrogen (secondary N) is 1. The van der Waals surface area contributed by atoms with Gasteiger partial charge in [0.25, 0.3) is 0 Å². The lowest BCUT2D eigenvalue weighted by atomic mass is 10.1. The molecule has 20 heavy (non-hydrogen) atoms. The maximum atomic E-state index is 5.32. The Balaban J connectivity index is 1.90. The summed E-state index contributed by atoms with van der Waals surface area (Å²) >= 11 is 1.74. The highest BCUT2D eigenvalue weighted by Crippen LogP contribution is 2.36. The molecule has 1 aromatic carbocycles. The van der Waals surface area contributed by atoms with Crippen LogP contribution in [0.5, 0.6) is 5.75 Å². The predicted octanol–water partition coefficient (Wildman–Crippen LogP) is 3.51. The molecule has 0 saturated heterocycles. The predicted molar refractivity (Wildman–Crippen MR) is 81.8 cm³/mol. The maximum Gasteiger partial charge on any atom is 0.133 e. The molecule has 0 amide bonds. The third kappa shape index (κ3) is 1.70. The van der Waals surface area contributed by atoms with Crippen molar-refractivity contribution in [2.75, 3.05) is 19.0 Å². The van der Waals surface area contributed by atoms with Crippen LogP contribution in [-0.4, -0.2) is 23.4 Å². The molecule has 1 N–H and O–H groups in total. The fourth-order valence-electron chi connectivity index (χ4n) is 2.83. The fourth-order valence-corrected chi connectivity index (χ4v) is 3.54. The molecule has 1 unspecified atom stereocenters. The van der Waals surface area contributed by atoms with Crippen molar-refractivity contribution in [1.82, 2.24) is 9.78 Å². The number of aromatic nitrogens is 2. The number of fused-ring (bicyclic) bond motifs is 3. The minimum absolute atomic E-state index is 0.330. The van der Waals surface area contributed by atoms with Gasteiger partial charge in [0.15, 0.2) is 0 Å². The second kappa shape index (κ2) is 4.52. The van der Waals surface area contributed by atoms with Gasteiger partial charge in [-0.25, -0.2) is 4.68 Å². The van der Waals surface area contributed by atoms with Crippen LogP contribution >= 0.6 is 11.3 Å². The highest BCUT2D eigenvalue weighted by Gasteiger charge is 2.24. The van der Waals surface area contributed by atoms with Crippen LogP contribution in [0.2, 0.25) is 0 Å². The summed E-state index contributed by atoms with van der Waals surface area (Å²) in [5, 5.41) is 13.7. The summed E-state index contributed by atoms with van der Waals surface area (Å²) in [5.74, 6) is 1.97. The first-order valence-electron chi connectivity index (χ1n) is 6.69. The van der Waals surface area contributed by atoms with Gasteiger partial charge in [0.05, 0.1) is 18.7 Å². The molecule has 5 heteroatoms. The molecule has 2 aromatic heterocycles. The summed E-state index contributed by atoms with van der Waals surface area (Å²) in [6.45, 7) is 0.971. The lowest BCUT2D eigenvalue weighted by Gasteiger charge is -2.25. The molecule has 1 aliphatic heterocycles. The number of hydrogen-bond acceptors (Lipinski definition) is 4. The Kier molecular flexibility index (Phi) is 2.67. The molecule has 0 bridgehead atoms. The summed E-state index contributed by atoms with van der Waals surface area (Å²) in [5.41, 5.74) is 2.35. The molecular formula is C15H15N3OS. The molecule has 0 aliphatic carbocycles. The topological polar surface area (TPSA) is 39.1 Å². The average Bonchev–Trinajstić information content (AvgIpc) is 3.13. The second-order valence-electron chi connectivity index (χ2n) is 4.96. The van der Waals surface area contributed by atoms with Crippen molar-refractivity contribution in [1.29, 1.82) is 0 Å². The van der Waals surface area contributed by atoms with Gasteiger partial charge in [0.2, 0.25) is 0 Å². The zero-order valence-corrected chi connectivity index (χ0v) is 12.0. The average molecular weight is 285 g/mol. The molecule has 0 saturated carbocycles. The Labute approximate surface area is 121 Å². The Hall–Kier alpha value is -2.01. The van der Waals surface area contributed by atoms with Crippen LogP contribution in [0.3, 0.4) is 0 Å². The summed E-state index contributed by atoms with van der Waals surface area (Å²) in [6, 6.07) is 8.55. The lowest BCUT2D eigenvalue weighted by Crippen LogP contribution is -2.23. The number of anilines is 1. The molecule has 0 spiro atoms. The van der Waals surface area contributed by atoms with Gasteiger partial charge < -0.3 is 10.1 Å². The number of nitrogens with zero attached hydrogens (tertiary/aromatic N) is 2. The molecule has 3 heterocycles. The Morgan fingerprint density at radius 2 is 2.35 bits per heavy atom. The molecule has 0 radical (unpaired) electrons. The Morgan fingerprint density at radius 3 is 3.15 bits per heavy atom. The molecule has 102 valence electrons. The minimum atomic E-state index is 0.330. The largest absolute Gasteiger partial charge is 0.497 e. The first-order chi connectivity index (χ1) is 9.86. The zero-order valence-electron chi connectivity index (χ0n) is 11.2. The van der Waals surface area contributed by atoms with Gasteiger partial charge in [-0.15, -0.1) is 0 Å². The number of ether oxygens (including phenoxy) is 1. The fraction of sp³-hybridized carbons (Fsp3) is 0.267. The summed E-state index contributed by atoms with van der Waals surface area (Å²) < 4.78 is 7.44. The van der Waals surface area contributed by atoms with Gasteiger partial charge in [-0.1, -0.05) is 0 Å². The molecule has 1 atom stereocenters. The monoisotopic (exact) mass is 285 g/mol. The van der Waals surface area contributed by atoms with E-state index < -0.39 is 0 Å². The molecule has 3 aromatic rings. The summed E-state index contributed by atoms with van der Waals surface area (Å²) in [6.07, 6.45) is 1.06. The van der Waals surface area contributed by atoms with Gasteiger partial charge in [-0.05, 0) is 47.0 Å². The SMILES string of the molecule is COc1ccc2nn3c(c2c1)NCCC3c1ccsc1. The van der Waals surface area contributed by atoms with E-state index in [1.165, 1.54) is 5.56 Å². The van der Waals surface area contributed by atoms with Crippen LogP contribution in [-0.2, 0) is 0 Å². The van der Waals surface area contributed by atoms with Gasteiger partial charge in [0.1, 0.15) is 11.6 Å². The van der Waals surface area contributed by atoms with E-state index >= 15 is 0 Å². The quantitative estimate of drug-likeness (QED) is 0.783. The highest BCUT2D eigenvalue weighted by atomic mass is 32.1. The van der Waals surface area contributed by atoms with E-state index in [1.54, 1.807) is 18.4 Å². The smallest absolute Gasteiger partial charge is 0.133 e. The number of rotatable bonds is 2. The minimum Gasteiger partial charge on any atom is -0.497 e. The van der Waals surface area contributed by atoms with Crippen molar-refractivity contribution in [3.8, 4) is 5.75 Å². The Bertz CT molecular complexity index is 748. The van der Waals surface area contributed by atoms with Gasteiger partial charge in [-0.2, -0.15) is 16.4 Å². The van der Waals surface area contributed by atoms with Crippen molar-refractivity contribution >= 4 is 28.1 Å². The van der Waals surface area contributed by atoms with Gasteiger partial charge in [0, 0.05) is 11.9 Å². The van der Waals surface area contributed by atoms with Crippen LogP contribution in [0.4, 0.5) is 5.82 Å². The van der Waals surface area contributed by atoms with Crippen molar-refractivity contribution in [3.63, 3.8) is 0 Å². The van der Waals surface area contributed by atoms with E-state index in [1.807, 2.05) is 12.1 Å². The van der Waals surface area contributed by atoms with Crippen LogP contribution in [0, 0.1) is 0 Å². The van der Waals surface area contributed by atoms with Crippen LogP contribution in [0.15, 0.2) is 35.0 Å². The van der Waals surface area contributed by atoms with Crippen molar-refractivity contribution in [2.45, 2.75) is 12.5 Å². The normalized spacial score (nSPS) is 17.8. The standard InChI is InChI=1S/C15H15N3OS/c1-19-11-2-3-13-12(8-11)15-16-6-4-14(18(15)17-13)10-5-7-20-9-10/h2-3,5,7-9,14,16H,4,6H2,1H3. The number of thiophene rings is 1. The van der Waals surface area contributed by atoms with E-state index in [9.17, 15) is 0 Å². The zero-order chi connectivity index (χ0) is 13.5. The first-order valence-corrected chi connectivity index (χ1v) is 7.63. The van der Waals surface area contributed by atoms with Crippen LogP contribution in [0.25, 0.3) is 10.9 Å². The number of benzene rings is 1. The molecule has 4 rings (SSSR count). The van der Waals surface area contributed by atoms with Crippen LogP contribution in [0.1, 0.15) is 18.0 Å². The summed E-state index contributed by atoms with van der Waals surface area (Å²) in [7, 11) is 1.69. The van der Waals surface area contributed by atoms with Crippen LogP contribution < -0.4 is 10.1 Å². The van der Waals surface area contributed by atoms with E-state index in [-0.39, 0.29) is 0 Å². The first kappa shape index (κ1) is 11.8. The highest BCUT2D eigenvalue weighted by molar-refractivity contribution is 7.07. The third-order valence-electron chi connectivity index (χ3n) is 3.84. The van der Waals surface area contributed by atoms with Crippen molar-refractivity contribution in [3.05, 3.63) is 40.6 Å².